The number of nitrogens with zero attached hydrogens (tertiary/aromatic N) is 2. The average molecular weight is 364 g/mol. The van der Waals surface area contributed by atoms with Gasteiger partial charge >= 0.3 is 0 Å². The van der Waals surface area contributed by atoms with E-state index in [9.17, 15) is 0 Å². The first kappa shape index (κ1) is 12.4. The van der Waals surface area contributed by atoms with Gasteiger partial charge in [0.2, 0.25) is 0 Å². The van der Waals surface area contributed by atoms with Crippen molar-refractivity contribution in [2.45, 2.75) is 13.5 Å². The van der Waals surface area contributed by atoms with E-state index in [0.717, 1.165) is 29.0 Å². The molecule has 5 heteroatoms. The number of fused-ring (bicyclic) bond motifs is 1. The second-order valence-corrected chi connectivity index (χ2v) is 5.51. The van der Waals surface area contributed by atoms with E-state index in [1.165, 1.54) is 9.13 Å². The minimum Gasteiger partial charge on any atom is -0.365 e. The topological polar surface area (TPSA) is 53.6 Å². The largest absolute Gasteiger partial charge is 0.365 e. The highest BCUT2D eigenvalue weighted by atomic mass is 127. The van der Waals surface area contributed by atoms with E-state index in [1.807, 2.05) is 19.1 Å². The summed E-state index contributed by atoms with van der Waals surface area (Å²) in [5.41, 5.74) is 3.24. The molecule has 19 heavy (non-hydrogen) atoms. The summed E-state index contributed by atoms with van der Waals surface area (Å²) in [7, 11) is 0. The molecule has 0 unspecified atom stereocenters. The minimum absolute atomic E-state index is 0.760. The van der Waals surface area contributed by atoms with Crippen LogP contribution in [-0.4, -0.2) is 15.2 Å². The van der Waals surface area contributed by atoms with Crippen LogP contribution in [0.5, 0.6) is 0 Å². The summed E-state index contributed by atoms with van der Waals surface area (Å²) in [6.45, 7) is 2.77. The van der Waals surface area contributed by atoms with Crippen LogP contribution < -0.4 is 5.32 Å². The van der Waals surface area contributed by atoms with Gasteiger partial charge in [-0.1, -0.05) is 18.2 Å². The number of nitrogens with one attached hydrogen (secondary N) is 2. The third kappa shape index (κ3) is 2.42. The molecule has 3 rings (SSSR count). The zero-order valence-corrected chi connectivity index (χ0v) is 12.6. The molecule has 96 valence electrons. The van der Waals surface area contributed by atoms with Gasteiger partial charge in [0.05, 0.1) is 10.9 Å². The number of hydrogen-bond donors (Lipinski definition) is 2. The van der Waals surface area contributed by atoms with Crippen LogP contribution in [0.15, 0.2) is 36.5 Å². The zero-order chi connectivity index (χ0) is 13.2. The normalized spacial score (nSPS) is 10.8. The number of aromatic amines is 1. The molecule has 2 N–H and O–H groups in total. The fraction of sp³-hybridized carbons (Fsp3) is 0.143. The maximum atomic E-state index is 4.41. The van der Waals surface area contributed by atoms with Gasteiger partial charge in [0.25, 0.3) is 0 Å². The van der Waals surface area contributed by atoms with Crippen molar-refractivity contribution < 1.29 is 0 Å². The number of rotatable bonds is 3. The Morgan fingerprint density at radius 2 is 2.11 bits per heavy atom. The summed E-state index contributed by atoms with van der Waals surface area (Å²) in [6, 6.07) is 10.2. The monoisotopic (exact) mass is 364 g/mol. The predicted octanol–water partition coefficient (Wildman–Crippen LogP) is 3.48. The van der Waals surface area contributed by atoms with E-state index in [-0.39, 0.29) is 0 Å². The fourth-order valence-corrected chi connectivity index (χ4v) is 2.65. The third-order valence-corrected chi connectivity index (χ3v) is 4.10. The molecule has 2 aromatic heterocycles. The molecule has 0 bridgehead atoms. The van der Waals surface area contributed by atoms with Crippen LogP contribution in [0.2, 0.25) is 0 Å². The second-order valence-electron chi connectivity index (χ2n) is 4.35. The molecule has 4 nitrogen and oxygen atoms in total. The number of benzene rings is 1. The van der Waals surface area contributed by atoms with Crippen molar-refractivity contribution in [2.24, 2.45) is 0 Å². The molecular weight excluding hydrogens is 351 g/mol. The van der Waals surface area contributed by atoms with Crippen molar-refractivity contribution >= 4 is 39.3 Å². The molecule has 0 atom stereocenters. The van der Waals surface area contributed by atoms with Gasteiger partial charge in [-0.2, -0.15) is 5.10 Å². The average Bonchev–Trinajstić information content (AvgIpc) is 2.80. The van der Waals surface area contributed by atoms with Crippen molar-refractivity contribution in [3.63, 3.8) is 0 Å². The van der Waals surface area contributed by atoms with Crippen LogP contribution >= 0.6 is 22.6 Å². The molecule has 2 heterocycles. The Balaban J connectivity index is 1.90. The Labute approximate surface area is 124 Å². The van der Waals surface area contributed by atoms with Gasteiger partial charge in [-0.05, 0) is 47.2 Å². The van der Waals surface area contributed by atoms with Gasteiger partial charge in [-0.25, -0.2) is 4.98 Å². The fourth-order valence-electron chi connectivity index (χ4n) is 2.07. The molecule has 0 fully saturated rings. The van der Waals surface area contributed by atoms with E-state index in [1.54, 1.807) is 6.20 Å². The molecule has 3 aromatic rings. The number of anilines is 1. The molecular formula is C14H13IN4. The Morgan fingerprint density at radius 3 is 2.95 bits per heavy atom. The summed E-state index contributed by atoms with van der Waals surface area (Å²) >= 11 is 2.35. The number of halogens is 1. The van der Waals surface area contributed by atoms with Gasteiger partial charge in [-0.15, -0.1) is 0 Å². The maximum absolute atomic E-state index is 4.41. The lowest BCUT2D eigenvalue weighted by molar-refractivity contribution is 1.07. The van der Waals surface area contributed by atoms with E-state index in [0.29, 0.717) is 0 Å². The SMILES string of the molecule is Cc1[nH]nc2ccnc(NCc3ccccc3I)c12. The molecule has 0 saturated heterocycles. The first-order chi connectivity index (χ1) is 9.25. The molecule has 0 aliphatic heterocycles. The Hall–Kier alpha value is -1.63. The number of aryl methyl sites for hydroxylation is 1. The Bertz CT molecular complexity index is 720. The maximum Gasteiger partial charge on any atom is 0.137 e. The summed E-state index contributed by atoms with van der Waals surface area (Å²) in [6.07, 6.45) is 1.78. The van der Waals surface area contributed by atoms with Crippen molar-refractivity contribution in [2.75, 3.05) is 5.32 Å². The highest BCUT2D eigenvalue weighted by Gasteiger charge is 2.08. The predicted molar refractivity (Wildman–Crippen MR) is 85.1 cm³/mol. The molecule has 0 spiro atoms. The highest BCUT2D eigenvalue weighted by molar-refractivity contribution is 14.1. The lowest BCUT2D eigenvalue weighted by atomic mass is 10.2. The molecule has 0 aliphatic carbocycles. The number of H-pyrrole nitrogens is 1. The van der Waals surface area contributed by atoms with Crippen molar-refractivity contribution in [1.29, 1.82) is 0 Å². The summed E-state index contributed by atoms with van der Waals surface area (Å²) in [5.74, 6) is 0.878. The lowest BCUT2D eigenvalue weighted by Crippen LogP contribution is -2.03. The number of aromatic nitrogens is 3. The van der Waals surface area contributed by atoms with Crippen LogP contribution in [0, 0.1) is 10.5 Å². The van der Waals surface area contributed by atoms with Gasteiger partial charge in [0.15, 0.2) is 0 Å². The van der Waals surface area contributed by atoms with Gasteiger partial charge in [-0.3, -0.25) is 5.10 Å². The second kappa shape index (κ2) is 5.16. The third-order valence-electron chi connectivity index (χ3n) is 3.05. The van der Waals surface area contributed by atoms with E-state index >= 15 is 0 Å². The standard InChI is InChI=1S/C14H13IN4/c1-9-13-12(19-18-9)6-7-16-14(13)17-8-10-4-2-3-5-11(10)15/h2-7H,8H2,1H3,(H,16,17)(H,18,19). The lowest BCUT2D eigenvalue weighted by Gasteiger charge is -2.08. The van der Waals surface area contributed by atoms with Crippen LogP contribution in [0.25, 0.3) is 10.9 Å². The van der Waals surface area contributed by atoms with Crippen molar-refractivity contribution in [3.8, 4) is 0 Å². The van der Waals surface area contributed by atoms with E-state index < -0.39 is 0 Å². The highest BCUT2D eigenvalue weighted by Crippen LogP contribution is 2.23. The number of pyridine rings is 1. The minimum atomic E-state index is 0.760. The van der Waals surface area contributed by atoms with Crippen LogP contribution in [0.4, 0.5) is 5.82 Å². The summed E-state index contributed by atoms with van der Waals surface area (Å²) in [5, 5.41) is 11.7. The summed E-state index contributed by atoms with van der Waals surface area (Å²) in [4.78, 5) is 4.41. The Morgan fingerprint density at radius 1 is 1.26 bits per heavy atom. The van der Waals surface area contributed by atoms with Crippen molar-refractivity contribution in [3.05, 3.63) is 51.4 Å². The van der Waals surface area contributed by atoms with Gasteiger partial charge < -0.3 is 5.32 Å². The van der Waals surface area contributed by atoms with Crippen LogP contribution in [-0.2, 0) is 6.54 Å². The van der Waals surface area contributed by atoms with Crippen LogP contribution in [0.3, 0.4) is 0 Å². The smallest absolute Gasteiger partial charge is 0.137 e. The first-order valence-corrected chi connectivity index (χ1v) is 7.10. The molecule has 1 aromatic carbocycles. The van der Waals surface area contributed by atoms with Crippen LogP contribution in [0.1, 0.15) is 11.3 Å². The van der Waals surface area contributed by atoms with Gasteiger partial charge in [0.1, 0.15) is 5.82 Å². The molecule has 0 amide bonds. The molecule has 0 aliphatic rings. The molecule has 0 saturated carbocycles. The quantitative estimate of drug-likeness (QED) is 0.700. The Kier molecular flexibility index (Phi) is 3.37. The van der Waals surface area contributed by atoms with E-state index in [4.69, 9.17) is 0 Å². The summed E-state index contributed by atoms with van der Waals surface area (Å²) < 4.78 is 1.25. The number of hydrogen-bond acceptors (Lipinski definition) is 3. The van der Waals surface area contributed by atoms with E-state index in [2.05, 4.69) is 61.3 Å². The molecule has 0 radical (unpaired) electrons. The van der Waals surface area contributed by atoms with Gasteiger partial charge in [0, 0.05) is 22.0 Å². The van der Waals surface area contributed by atoms with Crippen molar-refractivity contribution in [1.82, 2.24) is 15.2 Å². The zero-order valence-electron chi connectivity index (χ0n) is 10.4. The first-order valence-electron chi connectivity index (χ1n) is 6.02.